The van der Waals surface area contributed by atoms with Crippen molar-refractivity contribution in [3.05, 3.63) is 35.4 Å². The van der Waals surface area contributed by atoms with Gasteiger partial charge >= 0.3 is 0 Å². The van der Waals surface area contributed by atoms with E-state index in [0.29, 0.717) is 5.41 Å². The molecule has 1 N–H and O–H groups in total. The van der Waals surface area contributed by atoms with Crippen LogP contribution in [-0.2, 0) is 10.2 Å². The maximum Gasteiger partial charge on any atom is 0.0591 e. The highest BCUT2D eigenvalue weighted by atomic mass is 16.5. The Morgan fingerprint density at radius 1 is 1.18 bits per heavy atom. The van der Waals surface area contributed by atoms with Crippen LogP contribution >= 0.6 is 0 Å². The molecular weight excluding hydrogens is 210 g/mol. The van der Waals surface area contributed by atoms with E-state index in [0.717, 1.165) is 19.8 Å². The van der Waals surface area contributed by atoms with Crippen molar-refractivity contribution in [2.45, 2.75) is 25.2 Å². The molecule has 1 saturated heterocycles. The second kappa shape index (κ2) is 3.82. The summed E-state index contributed by atoms with van der Waals surface area (Å²) in [6.45, 7) is 5.06. The number of rotatable bonds is 4. The number of hydrogen-bond donors (Lipinski definition) is 1. The van der Waals surface area contributed by atoms with Crippen molar-refractivity contribution >= 4 is 0 Å². The molecule has 0 amide bonds. The number of ether oxygens (including phenoxy) is 1. The fourth-order valence-electron chi connectivity index (χ4n) is 3.27. The Labute approximate surface area is 103 Å². The van der Waals surface area contributed by atoms with Crippen LogP contribution in [0.2, 0.25) is 0 Å². The third-order valence-electron chi connectivity index (χ3n) is 4.68. The summed E-state index contributed by atoms with van der Waals surface area (Å²) in [5.74, 6) is 0. The minimum absolute atomic E-state index is 0.281. The fraction of sp³-hybridized carbons (Fsp3) is 0.600. The first-order chi connectivity index (χ1) is 8.22. The average Bonchev–Trinajstić information content (AvgIpc) is 3.01. The maximum atomic E-state index is 5.57. The molecule has 0 unspecified atom stereocenters. The minimum Gasteiger partial charge on any atom is -0.379 e. The monoisotopic (exact) mass is 231 g/mol. The van der Waals surface area contributed by atoms with E-state index in [4.69, 9.17) is 4.74 Å². The largest absolute Gasteiger partial charge is 0.379 e. The van der Waals surface area contributed by atoms with Gasteiger partial charge in [-0.2, -0.15) is 0 Å². The zero-order chi connectivity index (χ0) is 11.9. The Balaban J connectivity index is 1.94. The number of benzene rings is 1. The second-order valence-corrected chi connectivity index (χ2v) is 5.75. The van der Waals surface area contributed by atoms with Gasteiger partial charge in [0.25, 0.3) is 0 Å². The second-order valence-electron chi connectivity index (χ2n) is 5.75. The van der Waals surface area contributed by atoms with Gasteiger partial charge in [0, 0.05) is 12.0 Å². The number of hydrogen-bond acceptors (Lipinski definition) is 2. The molecule has 0 atom stereocenters. The molecular formula is C15H21NO. The van der Waals surface area contributed by atoms with Crippen molar-refractivity contribution < 1.29 is 4.74 Å². The lowest BCUT2D eigenvalue weighted by molar-refractivity contribution is -0.0986. The summed E-state index contributed by atoms with van der Waals surface area (Å²) >= 11 is 0. The Morgan fingerprint density at radius 2 is 1.82 bits per heavy atom. The van der Waals surface area contributed by atoms with E-state index in [9.17, 15) is 0 Å². The molecule has 0 radical (unpaired) electrons. The van der Waals surface area contributed by atoms with Gasteiger partial charge in [-0.05, 0) is 37.8 Å². The van der Waals surface area contributed by atoms with Crippen LogP contribution in [0.3, 0.4) is 0 Å². The molecule has 2 heteroatoms. The van der Waals surface area contributed by atoms with Crippen LogP contribution in [0.5, 0.6) is 0 Å². The predicted octanol–water partition coefficient (Wildman–Crippen LogP) is 2.26. The number of aryl methyl sites for hydroxylation is 1. The van der Waals surface area contributed by atoms with Crippen molar-refractivity contribution in [3.8, 4) is 0 Å². The van der Waals surface area contributed by atoms with Crippen LogP contribution in [0.15, 0.2) is 24.3 Å². The smallest absolute Gasteiger partial charge is 0.0591 e. The molecule has 2 fully saturated rings. The Morgan fingerprint density at radius 3 is 2.24 bits per heavy atom. The SMILES string of the molecule is CNCC1(C2(c3ccc(C)cc3)COC2)CC1. The van der Waals surface area contributed by atoms with Crippen molar-refractivity contribution in [2.24, 2.45) is 5.41 Å². The van der Waals surface area contributed by atoms with E-state index in [1.54, 1.807) is 0 Å². The van der Waals surface area contributed by atoms with E-state index < -0.39 is 0 Å². The molecule has 92 valence electrons. The highest BCUT2D eigenvalue weighted by Crippen LogP contribution is 2.62. The summed E-state index contributed by atoms with van der Waals surface area (Å²) in [4.78, 5) is 0. The van der Waals surface area contributed by atoms with Gasteiger partial charge in [0.15, 0.2) is 0 Å². The Bertz CT molecular complexity index is 401. The van der Waals surface area contributed by atoms with Gasteiger partial charge in [-0.3, -0.25) is 0 Å². The van der Waals surface area contributed by atoms with Gasteiger partial charge < -0.3 is 10.1 Å². The fourth-order valence-corrected chi connectivity index (χ4v) is 3.27. The van der Waals surface area contributed by atoms with Gasteiger partial charge in [0.2, 0.25) is 0 Å². The van der Waals surface area contributed by atoms with E-state index in [1.165, 1.54) is 24.0 Å². The molecule has 0 aromatic heterocycles. The molecule has 1 aromatic rings. The summed E-state index contributed by atoms with van der Waals surface area (Å²) in [7, 11) is 2.06. The standard InChI is InChI=1S/C15H21NO/c1-12-3-5-13(6-4-12)15(10-17-11-15)14(7-8-14)9-16-2/h3-6,16H,7-11H2,1-2H3. The summed E-state index contributed by atoms with van der Waals surface area (Å²) in [6.07, 6.45) is 2.68. The molecule has 2 nitrogen and oxygen atoms in total. The van der Waals surface area contributed by atoms with E-state index >= 15 is 0 Å². The Kier molecular flexibility index (Phi) is 2.53. The molecule has 0 bridgehead atoms. The molecule has 1 saturated carbocycles. The molecule has 1 heterocycles. The van der Waals surface area contributed by atoms with E-state index in [1.807, 2.05) is 0 Å². The molecule has 17 heavy (non-hydrogen) atoms. The zero-order valence-corrected chi connectivity index (χ0v) is 10.8. The first kappa shape index (κ1) is 11.2. The van der Waals surface area contributed by atoms with Crippen molar-refractivity contribution in [1.82, 2.24) is 5.32 Å². The maximum absolute atomic E-state index is 5.57. The lowest BCUT2D eigenvalue weighted by Gasteiger charge is -2.48. The Hall–Kier alpha value is -0.860. The molecule has 1 aromatic carbocycles. The van der Waals surface area contributed by atoms with Gasteiger partial charge in [0.05, 0.1) is 13.2 Å². The molecule has 3 rings (SSSR count). The third kappa shape index (κ3) is 1.54. The van der Waals surface area contributed by atoms with Crippen LogP contribution < -0.4 is 5.32 Å². The molecule has 1 aliphatic heterocycles. The van der Waals surface area contributed by atoms with E-state index in [-0.39, 0.29) is 5.41 Å². The van der Waals surface area contributed by atoms with Crippen molar-refractivity contribution in [1.29, 1.82) is 0 Å². The number of nitrogens with one attached hydrogen (secondary N) is 1. The summed E-state index contributed by atoms with van der Waals surface area (Å²) < 4.78 is 5.57. The minimum atomic E-state index is 0.281. The van der Waals surface area contributed by atoms with Gasteiger partial charge in [-0.25, -0.2) is 0 Å². The molecule has 1 aliphatic carbocycles. The zero-order valence-electron chi connectivity index (χ0n) is 10.8. The van der Waals surface area contributed by atoms with Crippen LogP contribution in [0.1, 0.15) is 24.0 Å². The lowest BCUT2D eigenvalue weighted by Crippen LogP contribution is -2.56. The van der Waals surface area contributed by atoms with E-state index in [2.05, 4.69) is 43.6 Å². The van der Waals surface area contributed by atoms with Gasteiger partial charge in [0.1, 0.15) is 0 Å². The highest BCUT2D eigenvalue weighted by molar-refractivity contribution is 5.36. The van der Waals surface area contributed by atoms with Crippen LogP contribution in [-0.4, -0.2) is 26.8 Å². The molecule has 0 spiro atoms. The quantitative estimate of drug-likeness (QED) is 0.858. The predicted molar refractivity (Wildman–Crippen MR) is 69.3 cm³/mol. The lowest BCUT2D eigenvalue weighted by atomic mass is 9.66. The van der Waals surface area contributed by atoms with Gasteiger partial charge in [-0.1, -0.05) is 29.8 Å². The van der Waals surface area contributed by atoms with Crippen molar-refractivity contribution in [2.75, 3.05) is 26.8 Å². The normalized spacial score (nSPS) is 24.1. The average molecular weight is 231 g/mol. The summed E-state index contributed by atoms with van der Waals surface area (Å²) in [6, 6.07) is 9.05. The first-order valence-corrected chi connectivity index (χ1v) is 6.52. The molecule has 2 aliphatic rings. The summed E-state index contributed by atoms with van der Waals surface area (Å²) in [5.41, 5.74) is 3.54. The van der Waals surface area contributed by atoms with Crippen molar-refractivity contribution in [3.63, 3.8) is 0 Å². The summed E-state index contributed by atoms with van der Waals surface area (Å²) in [5, 5.41) is 3.37. The van der Waals surface area contributed by atoms with Crippen LogP contribution in [0.25, 0.3) is 0 Å². The third-order valence-corrected chi connectivity index (χ3v) is 4.68. The first-order valence-electron chi connectivity index (χ1n) is 6.52. The van der Waals surface area contributed by atoms with Crippen LogP contribution in [0.4, 0.5) is 0 Å². The van der Waals surface area contributed by atoms with Crippen LogP contribution in [0, 0.1) is 12.3 Å². The highest BCUT2D eigenvalue weighted by Gasteiger charge is 2.62. The van der Waals surface area contributed by atoms with Gasteiger partial charge in [-0.15, -0.1) is 0 Å². The topological polar surface area (TPSA) is 21.3 Å².